The maximum Gasteiger partial charge on any atom is 0.294 e. The average Bonchev–Trinajstić information content (AvgIpc) is 3.10. The van der Waals surface area contributed by atoms with E-state index in [-0.39, 0.29) is 23.5 Å². The highest BCUT2D eigenvalue weighted by molar-refractivity contribution is 6.16. The predicted octanol–water partition coefficient (Wildman–Crippen LogP) is 5.13. The number of rotatable bonds is 7. The predicted molar refractivity (Wildman–Crippen MR) is 127 cm³/mol. The van der Waals surface area contributed by atoms with E-state index in [9.17, 15) is 23.5 Å². The van der Waals surface area contributed by atoms with Crippen molar-refractivity contribution in [2.75, 3.05) is 23.9 Å². The second-order valence-corrected chi connectivity index (χ2v) is 8.33. The van der Waals surface area contributed by atoms with Gasteiger partial charge in [-0.05, 0) is 41.8 Å². The van der Waals surface area contributed by atoms with Gasteiger partial charge < -0.3 is 10.0 Å². The molecule has 1 amide bonds. The fraction of sp³-hybridized carbons (Fsp3) is 0.185. The Hall–Kier alpha value is -4.00. The minimum atomic E-state index is -1.13. The van der Waals surface area contributed by atoms with Crippen molar-refractivity contribution in [2.24, 2.45) is 0 Å². The Morgan fingerprint density at radius 2 is 1.65 bits per heavy atom. The molecule has 1 aliphatic rings. The molecular weight excluding hydrogens is 438 g/mol. The van der Waals surface area contributed by atoms with Crippen LogP contribution >= 0.6 is 0 Å². The number of Topliss-reactive ketones (excluding diaryl/α,β-unsaturated/α-hetero) is 1. The summed E-state index contributed by atoms with van der Waals surface area (Å²) in [6, 6.07) is 18.6. The molecule has 174 valence electrons. The van der Waals surface area contributed by atoms with Gasteiger partial charge in [0.1, 0.15) is 0 Å². The first-order chi connectivity index (χ1) is 16.3. The van der Waals surface area contributed by atoms with Crippen molar-refractivity contribution in [3.05, 3.63) is 107 Å². The Labute approximate surface area is 196 Å². The minimum absolute atomic E-state index is 0.0444. The Balaban J connectivity index is 1.75. The van der Waals surface area contributed by atoms with E-state index in [0.29, 0.717) is 12.0 Å². The molecule has 0 saturated heterocycles. The number of benzene rings is 3. The highest BCUT2D eigenvalue weighted by atomic mass is 19.2. The molecule has 34 heavy (non-hydrogen) atoms. The van der Waals surface area contributed by atoms with Crippen molar-refractivity contribution in [3.8, 4) is 0 Å². The number of ketones is 1. The molecule has 0 aromatic heterocycles. The standard InChI is InChI=1S/C27H24F2N2O3/c1-30(2)19-11-9-18(10-12-19)25-24(23(32)15-8-17-6-4-3-5-7-17)26(33)27(34)31(25)20-13-14-21(28)22(29)16-20/h3-7,9-14,16,25,33H,8,15H2,1-2H3. The molecule has 0 saturated carbocycles. The topological polar surface area (TPSA) is 60.9 Å². The van der Waals surface area contributed by atoms with E-state index in [4.69, 9.17) is 0 Å². The summed E-state index contributed by atoms with van der Waals surface area (Å²) in [4.78, 5) is 29.4. The Morgan fingerprint density at radius 3 is 2.26 bits per heavy atom. The van der Waals surface area contributed by atoms with E-state index >= 15 is 0 Å². The first-order valence-electron chi connectivity index (χ1n) is 10.8. The summed E-state index contributed by atoms with van der Waals surface area (Å²) >= 11 is 0. The normalized spacial score (nSPS) is 15.7. The van der Waals surface area contributed by atoms with Crippen LogP contribution in [0, 0.1) is 11.6 Å². The minimum Gasteiger partial charge on any atom is -0.503 e. The largest absolute Gasteiger partial charge is 0.503 e. The summed E-state index contributed by atoms with van der Waals surface area (Å²) in [6.07, 6.45) is 0.511. The zero-order valence-corrected chi connectivity index (χ0v) is 18.8. The molecule has 1 N–H and O–H groups in total. The molecule has 4 rings (SSSR count). The molecule has 0 aliphatic carbocycles. The number of aliphatic hydroxyl groups excluding tert-OH is 1. The van der Waals surface area contributed by atoms with Gasteiger partial charge >= 0.3 is 0 Å². The van der Waals surface area contributed by atoms with E-state index in [1.54, 1.807) is 12.1 Å². The number of hydrogen-bond acceptors (Lipinski definition) is 4. The summed E-state index contributed by atoms with van der Waals surface area (Å²) in [7, 11) is 3.76. The van der Waals surface area contributed by atoms with Gasteiger partial charge in [0.2, 0.25) is 0 Å². The van der Waals surface area contributed by atoms with Crippen molar-refractivity contribution >= 4 is 23.1 Å². The van der Waals surface area contributed by atoms with Crippen LogP contribution in [0.1, 0.15) is 23.6 Å². The second-order valence-electron chi connectivity index (χ2n) is 8.33. The molecule has 3 aromatic rings. The van der Waals surface area contributed by atoms with Crippen molar-refractivity contribution in [3.63, 3.8) is 0 Å². The molecule has 1 aliphatic heterocycles. The van der Waals surface area contributed by atoms with Crippen LogP contribution < -0.4 is 9.80 Å². The van der Waals surface area contributed by atoms with Gasteiger partial charge in [0.25, 0.3) is 5.91 Å². The van der Waals surface area contributed by atoms with Crippen LogP contribution in [0.5, 0.6) is 0 Å². The third-order valence-corrected chi connectivity index (χ3v) is 5.90. The summed E-state index contributed by atoms with van der Waals surface area (Å²) in [6.45, 7) is 0. The number of nitrogens with zero attached hydrogens (tertiary/aromatic N) is 2. The molecule has 1 atom stereocenters. The van der Waals surface area contributed by atoms with Gasteiger partial charge in [-0.1, -0.05) is 42.5 Å². The number of halogens is 2. The monoisotopic (exact) mass is 462 g/mol. The van der Waals surface area contributed by atoms with Gasteiger partial charge in [0.05, 0.1) is 11.6 Å². The number of carbonyl (C=O) groups excluding carboxylic acids is 2. The van der Waals surface area contributed by atoms with Crippen molar-refractivity contribution < 1.29 is 23.5 Å². The molecule has 0 spiro atoms. The fourth-order valence-corrected chi connectivity index (χ4v) is 4.10. The Morgan fingerprint density at radius 1 is 0.971 bits per heavy atom. The van der Waals surface area contributed by atoms with E-state index < -0.39 is 29.3 Å². The Kier molecular flexibility index (Phi) is 6.45. The maximum atomic E-state index is 14.0. The highest BCUT2D eigenvalue weighted by Crippen LogP contribution is 2.42. The molecule has 1 heterocycles. The second kappa shape index (κ2) is 9.47. The average molecular weight is 462 g/mol. The number of aryl methyl sites for hydroxylation is 1. The molecule has 3 aromatic carbocycles. The molecule has 7 heteroatoms. The van der Waals surface area contributed by atoms with Crippen LogP contribution in [0.25, 0.3) is 0 Å². The number of carbonyl (C=O) groups is 2. The van der Waals surface area contributed by atoms with E-state index in [1.165, 1.54) is 6.07 Å². The van der Waals surface area contributed by atoms with Gasteiger partial charge in [-0.2, -0.15) is 0 Å². The Bertz CT molecular complexity index is 1250. The third-order valence-electron chi connectivity index (χ3n) is 5.90. The molecule has 5 nitrogen and oxygen atoms in total. The van der Waals surface area contributed by atoms with Crippen LogP contribution in [0.2, 0.25) is 0 Å². The lowest BCUT2D eigenvalue weighted by atomic mass is 9.93. The van der Waals surface area contributed by atoms with Crippen LogP contribution in [-0.4, -0.2) is 30.9 Å². The van der Waals surface area contributed by atoms with Crippen molar-refractivity contribution in [1.82, 2.24) is 0 Å². The lowest BCUT2D eigenvalue weighted by molar-refractivity contribution is -0.118. The summed E-state index contributed by atoms with van der Waals surface area (Å²) < 4.78 is 27.6. The number of hydrogen-bond donors (Lipinski definition) is 1. The van der Waals surface area contributed by atoms with E-state index in [0.717, 1.165) is 28.3 Å². The van der Waals surface area contributed by atoms with Gasteiger partial charge in [-0.15, -0.1) is 0 Å². The fourth-order valence-electron chi connectivity index (χ4n) is 4.10. The lowest BCUT2D eigenvalue weighted by Crippen LogP contribution is -2.31. The molecule has 0 bridgehead atoms. The number of aliphatic hydroxyl groups is 1. The number of amides is 1. The first kappa shape index (κ1) is 23.2. The van der Waals surface area contributed by atoms with Crippen LogP contribution in [-0.2, 0) is 16.0 Å². The molecule has 1 unspecified atom stereocenters. The van der Waals surface area contributed by atoms with E-state index in [2.05, 4.69) is 0 Å². The van der Waals surface area contributed by atoms with Gasteiger partial charge in [-0.25, -0.2) is 8.78 Å². The molecular formula is C27H24F2N2O3. The van der Waals surface area contributed by atoms with Crippen LogP contribution in [0.15, 0.2) is 84.1 Å². The summed E-state index contributed by atoms with van der Waals surface area (Å²) in [5.41, 5.74) is 2.41. The lowest BCUT2D eigenvalue weighted by Gasteiger charge is -2.27. The smallest absolute Gasteiger partial charge is 0.294 e. The summed E-state index contributed by atoms with van der Waals surface area (Å²) in [5, 5.41) is 10.7. The zero-order valence-electron chi connectivity index (χ0n) is 18.8. The highest BCUT2D eigenvalue weighted by Gasteiger charge is 2.44. The van der Waals surface area contributed by atoms with Gasteiger partial charge in [0.15, 0.2) is 23.2 Å². The van der Waals surface area contributed by atoms with Gasteiger partial charge in [-0.3, -0.25) is 14.5 Å². The van der Waals surface area contributed by atoms with Crippen LogP contribution in [0.3, 0.4) is 0 Å². The van der Waals surface area contributed by atoms with Crippen molar-refractivity contribution in [1.29, 1.82) is 0 Å². The molecule has 0 fully saturated rings. The molecule has 0 radical (unpaired) electrons. The SMILES string of the molecule is CN(C)c1ccc(C2C(C(=O)CCc3ccccc3)=C(O)C(=O)N2c2ccc(F)c(F)c2)cc1. The van der Waals surface area contributed by atoms with Crippen molar-refractivity contribution in [2.45, 2.75) is 18.9 Å². The van der Waals surface area contributed by atoms with Crippen LogP contribution in [0.4, 0.5) is 20.2 Å². The number of anilines is 2. The maximum absolute atomic E-state index is 14.0. The first-order valence-corrected chi connectivity index (χ1v) is 10.8. The zero-order chi connectivity index (χ0) is 24.4. The quantitative estimate of drug-likeness (QED) is 0.529. The third kappa shape index (κ3) is 4.41. The van der Waals surface area contributed by atoms with E-state index in [1.807, 2.05) is 61.5 Å². The summed E-state index contributed by atoms with van der Waals surface area (Å²) in [5.74, 6) is -4.09. The van der Waals surface area contributed by atoms with Gasteiger partial charge in [0, 0.05) is 38.0 Å².